The Morgan fingerprint density at radius 1 is 1.25 bits per heavy atom. The number of carbonyl (C=O) groups excluding carboxylic acids is 1. The molecule has 0 aromatic heterocycles. The largest absolute Gasteiger partial charge is 0.495 e. The maximum Gasteiger partial charge on any atom is 0.306 e. The third-order valence-electron chi connectivity index (χ3n) is 3.91. The molecule has 0 bridgehead atoms. The lowest BCUT2D eigenvalue weighted by atomic mass is 10.0. The highest BCUT2D eigenvalue weighted by atomic mass is 16.5. The van der Waals surface area contributed by atoms with E-state index in [1.807, 2.05) is 18.2 Å². The van der Waals surface area contributed by atoms with E-state index < -0.39 is 11.9 Å². The number of para-hydroxylation sites is 2. The van der Waals surface area contributed by atoms with Crippen LogP contribution in [-0.2, 0) is 9.59 Å². The number of benzene rings is 1. The van der Waals surface area contributed by atoms with Gasteiger partial charge >= 0.3 is 5.97 Å². The highest BCUT2D eigenvalue weighted by molar-refractivity contribution is 5.96. The minimum Gasteiger partial charge on any atom is -0.495 e. The molecule has 5 nitrogen and oxygen atoms in total. The molecule has 1 N–H and O–H groups in total. The van der Waals surface area contributed by atoms with Crippen molar-refractivity contribution >= 4 is 17.6 Å². The van der Waals surface area contributed by atoms with Crippen LogP contribution < -0.4 is 9.64 Å². The molecule has 1 fully saturated rings. The molecule has 5 heteroatoms. The molecule has 1 aliphatic rings. The van der Waals surface area contributed by atoms with Crippen molar-refractivity contribution in [1.82, 2.24) is 0 Å². The topological polar surface area (TPSA) is 66.8 Å². The zero-order valence-electron chi connectivity index (χ0n) is 11.7. The van der Waals surface area contributed by atoms with E-state index in [2.05, 4.69) is 0 Å². The van der Waals surface area contributed by atoms with Crippen LogP contribution in [0.3, 0.4) is 0 Å². The number of aliphatic carboxylic acids is 1. The summed E-state index contributed by atoms with van der Waals surface area (Å²) in [5.41, 5.74) is 0.707. The Kier molecular flexibility index (Phi) is 4.27. The van der Waals surface area contributed by atoms with E-state index in [0.717, 1.165) is 0 Å². The van der Waals surface area contributed by atoms with Crippen LogP contribution in [0.15, 0.2) is 24.3 Å². The average molecular weight is 277 g/mol. The Labute approximate surface area is 118 Å². The van der Waals surface area contributed by atoms with Gasteiger partial charge in [-0.3, -0.25) is 9.59 Å². The molecule has 2 rings (SSSR count). The van der Waals surface area contributed by atoms with Gasteiger partial charge in [0.25, 0.3) is 0 Å². The molecule has 108 valence electrons. The second-order valence-electron chi connectivity index (χ2n) is 5.11. The van der Waals surface area contributed by atoms with Crippen LogP contribution >= 0.6 is 0 Å². The predicted octanol–water partition coefficient (Wildman–Crippen LogP) is 2.16. The van der Waals surface area contributed by atoms with Crippen LogP contribution in [0, 0.1) is 11.8 Å². The zero-order chi connectivity index (χ0) is 14.7. The molecule has 2 atom stereocenters. The predicted molar refractivity (Wildman–Crippen MR) is 74.9 cm³/mol. The Balaban J connectivity index is 2.11. The highest BCUT2D eigenvalue weighted by Gasteiger charge is 2.35. The number of rotatable bonds is 4. The van der Waals surface area contributed by atoms with Gasteiger partial charge in [0.2, 0.25) is 5.91 Å². The number of carboxylic acid groups (broad SMARTS) is 1. The van der Waals surface area contributed by atoms with E-state index in [1.165, 1.54) is 0 Å². The quantitative estimate of drug-likeness (QED) is 0.915. The molecular formula is C15H19NO4. The van der Waals surface area contributed by atoms with Crippen LogP contribution in [0.25, 0.3) is 0 Å². The molecule has 1 saturated carbocycles. The summed E-state index contributed by atoms with van der Waals surface area (Å²) >= 11 is 0. The second-order valence-corrected chi connectivity index (χ2v) is 5.11. The van der Waals surface area contributed by atoms with E-state index in [-0.39, 0.29) is 11.8 Å². The highest BCUT2D eigenvalue weighted by Crippen LogP contribution is 2.35. The van der Waals surface area contributed by atoms with Gasteiger partial charge < -0.3 is 14.7 Å². The summed E-state index contributed by atoms with van der Waals surface area (Å²) in [5, 5.41) is 9.01. The van der Waals surface area contributed by atoms with Crippen LogP contribution in [0.2, 0.25) is 0 Å². The molecule has 2 unspecified atom stereocenters. The first-order valence-electron chi connectivity index (χ1n) is 6.68. The van der Waals surface area contributed by atoms with E-state index in [9.17, 15) is 9.59 Å². The first-order valence-corrected chi connectivity index (χ1v) is 6.68. The zero-order valence-corrected chi connectivity index (χ0v) is 11.7. The number of amides is 1. The number of anilines is 1. The second kappa shape index (κ2) is 5.94. The van der Waals surface area contributed by atoms with Gasteiger partial charge in [-0.2, -0.15) is 0 Å². The average Bonchev–Trinajstić information content (AvgIpc) is 2.95. The van der Waals surface area contributed by atoms with Crippen molar-refractivity contribution in [1.29, 1.82) is 0 Å². The number of hydrogen-bond donors (Lipinski definition) is 1. The Hall–Kier alpha value is -2.04. The van der Waals surface area contributed by atoms with Gasteiger partial charge in [0.1, 0.15) is 5.75 Å². The van der Waals surface area contributed by atoms with Crippen molar-refractivity contribution in [2.45, 2.75) is 19.3 Å². The van der Waals surface area contributed by atoms with Gasteiger partial charge in [0, 0.05) is 13.0 Å². The van der Waals surface area contributed by atoms with Crippen LogP contribution in [0.4, 0.5) is 5.69 Å². The molecule has 0 saturated heterocycles. The lowest BCUT2D eigenvalue weighted by Gasteiger charge is -2.23. The maximum absolute atomic E-state index is 12.5. The van der Waals surface area contributed by atoms with Crippen molar-refractivity contribution in [2.75, 3.05) is 19.1 Å². The lowest BCUT2D eigenvalue weighted by Crippen LogP contribution is -2.32. The van der Waals surface area contributed by atoms with E-state index >= 15 is 0 Å². The van der Waals surface area contributed by atoms with E-state index in [4.69, 9.17) is 9.84 Å². The Bertz CT molecular complexity index is 514. The number of carboxylic acids is 1. The minimum atomic E-state index is -0.805. The molecular weight excluding hydrogens is 258 g/mol. The molecule has 20 heavy (non-hydrogen) atoms. The fourth-order valence-electron chi connectivity index (χ4n) is 2.73. The first kappa shape index (κ1) is 14.4. The molecule has 1 aromatic rings. The van der Waals surface area contributed by atoms with Crippen LogP contribution in [-0.4, -0.2) is 31.1 Å². The molecule has 0 aliphatic heterocycles. The Morgan fingerprint density at radius 3 is 2.50 bits per heavy atom. The van der Waals surface area contributed by atoms with Crippen molar-refractivity contribution in [3.05, 3.63) is 24.3 Å². The third kappa shape index (κ3) is 2.76. The third-order valence-corrected chi connectivity index (χ3v) is 3.91. The van der Waals surface area contributed by atoms with E-state index in [1.54, 1.807) is 25.1 Å². The molecule has 0 heterocycles. The Morgan fingerprint density at radius 2 is 1.90 bits per heavy atom. The molecule has 1 aromatic carbocycles. The van der Waals surface area contributed by atoms with Gasteiger partial charge in [0.05, 0.1) is 18.7 Å². The first-order chi connectivity index (χ1) is 9.54. The summed E-state index contributed by atoms with van der Waals surface area (Å²) in [6.07, 6.45) is 1.63. The maximum atomic E-state index is 12.5. The minimum absolute atomic E-state index is 0.0433. The standard InChI is InChI=1S/C15H19NO4/c1-16(12-5-3-4-6-13(12)20-2)14(17)10-7-8-11(9-10)15(18)19/h3-6,10-11H,7-9H2,1-2H3,(H,18,19). The number of methoxy groups -OCH3 is 1. The summed E-state index contributed by atoms with van der Waals surface area (Å²) in [7, 11) is 3.27. The molecule has 0 radical (unpaired) electrons. The van der Waals surface area contributed by atoms with Gasteiger partial charge in [-0.05, 0) is 31.4 Å². The van der Waals surface area contributed by atoms with E-state index in [0.29, 0.717) is 30.7 Å². The lowest BCUT2D eigenvalue weighted by molar-refractivity contribution is -0.141. The smallest absolute Gasteiger partial charge is 0.306 e. The van der Waals surface area contributed by atoms with Gasteiger partial charge in [-0.25, -0.2) is 0 Å². The number of ether oxygens (including phenoxy) is 1. The monoisotopic (exact) mass is 277 g/mol. The summed E-state index contributed by atoms with van der Waals surface area (Å²) in [4.78, 5) is 25.0. The van der Waals surface area contributed by atoms with Gasteiger partial charge in [-0.1, -0.05) is 12.1 Å². The summed E-state index contributed by atoms with van der Waals surface area (Å²) < 4.78 is 5.25. The van der Waals surface area contributed by atoms with Crippen molar-refractivity contribution < 1.29 is 19.4 Å². The summed E-state index contributed by atoms with van der Waals surface area (Å²) in [5.74, 6) is -0.823. The fourth-order valence-corrected chi connectivity index (χ4v) is 2.73. The number of carbonyl (C=O) groups is 2. The summed E-state index contributed by atoms with van der Waals surface area (Å²) in [6, 6.07) is 7.31. The van der Waals surface area contributed by atoms with Gasteiger partial charge in [0.15, 0.2) is 0 Å². The summed E-state index contributed by atoms with van der Waals surface area (Å²) in [6.45, 7) is 0. The fraction of sp³-hybridized carbons (Fsp3) is 0.467. The SMILES string of the molecule is COc1ccccc1N(C)C(=O)C1CCC(C(=O)O)C1. The molecule has 1 amide bonds. The number of hydrogen-bond acceptors (Lipinski definition) is 3. The van der Waals surface area contributed by atoms with Crippen LogP contribution in [0.5, 0.6) is 5.75 Å². The van der Waals surface area contributed by atoms with Crippen molar-refractivity contribution in [3.8, 4) is 5.75 Å². The van der Waals surface area contributed by atoms with Crippen molar-refractivity contribution in [2.24, 2.45) is 11.8 Å². The number of nitrogens with zero attached hydrogens (tertiary/aromatic N) is 1. The van der Waals surface area contributed by atoms with Crippen molar-refractivity contribution in [3.63, 3.8) is 0 Å². The molecule has 0 spiro atoms. The normalized spacial score (nSPS) is 21.5. The van der Waals surface area contributed by atoms with Crippen LogP contribution in [0.1, 0.15) is 19.3 Å². The molecule has 1 aliphatic carbocycles. The van der Waals surface area contributed by atoms with Gasteiger partial charge in [-0.15, -0.1) is 0 Å².